The number of carbonyl (C=O) groups excluding carboxylic acids is 1. The summed E-state index contributed by atoms with van der Waals surface area (Å²) in [5.74, 6) is 0.182. The van der Waals surface area contributed by atoms with Gasteiger partial charge in [0, 0.05) is 44.8 Å². The number of rotatable bonds is 5. The largest absolute Gasteiger partial charge is 0.340 e. The van der Waals surface area contributed by atoms with Crippen LogP contribution in [0.3, 0.4) is 0 Å². The summed E-state index contributed by atoms with van der Waals surface area (Å²) >= 11 is 1.67. The molecule has 5 nitrogen and oxygen atoms in total. The molecule has 3 heterocycles. The maximum atomic E-state index is 12.4. The van der Waals surface area contributed by atoms with Crippen LogP contribution >= 0.6 is 11.3 Å². The maximum absolute atomic E-state index is 12.4. The molecule has 0 aromatic carbocycles. The van der Waals surface area contributed by atoms with E-state index in [1.807, 2.05) is 18.3 Å². The summed E-state index contributed by atoms with van der Waals surface area (Å²) in [6.45, 7) is 2.92. The van der Waals surface area contributed by atoms with Gasteiger partial charge in [0.15, 0.2) is 0 Å². The lowest BCUT2D eigenvalue weighted by Gasteiger charge is -2.28. The van der Waals surface area contributed by atoms with Crippen molar-refractivity contribution < 1.29 is 4.79 Å². The fraction of sp³-hybridized carbons (Fsp3) is 0.529. The summed E-state index contributed by atoms with van der Waals surface area (Å²) in [5, 5.41) is 4.15. The Labute approximate surface area is 140 Å². The molecule has 0 bridgehead atoms. The molecule has 1 aliphatic carbocycles. The number of imidazole rings is 1. The van der Waals surface area contributed by atoms with Crippen molar-refractivity contribution in [3.63, 3.8) is 0 Å². The molecule has 0 saturated heterocycles. The zero-order chi connectivity index (χ0) is 15.8. The van der Waals surface area contributed by atoms with Gasteiger partial charge in [0.05, 0.1) is 18.6 Å². The second-order valence-corrected chi connectivity index (χ2v) is 7.40. The van der Waals surface area contributed by atoms with Crippen LogP contribution < -0.4 is 0 Å². The highest BCUT2D eigenvalue weighted by atomic mass is 32.1. The number of fused-ring (bicyclic) bond motifs is 1. The highest BCUT2D eigenvalue weighted by Crippen LogP contribution is 2.37. The van der Waals surface area contributed by atoms with Gasteiger partial charge in [-0.25, -0.2) is 4.98 Å². The minimum absolute atomic E-state index is 0.182. The van der Waals surface area contributed by atoms with Gasteiger partial charge in [-0.05, 0) is 35.2 Å². The Balaban J connectivity index is 1.35. The van der Waals surface area contributed by atoms with Crippen molar-refractivity contribution in [3.05, 3.63) is 40.1 Å². The summed E-state index contributed by atoms with van der Waals surface area (Å²) in [4.78, 5) is 21.1. The van der Waals surface area contributed by atoms with Gasteiger partial charge in [0.25, 0.3) is 0 Å². The first-order chi connectivity index (χ1) is 11.2. The summed E-state index contributed by atoms with van der Waals surface area (Å²) < 4.78 is 2.36. The smallest absolute Gasteiger partial charge is 0.236 e. The number of hydrogen-bond acceptors (Lipinski definition) is 4. The molecule has 0 radical (unpaired) electrons. The lowest BCUT2D eigenvalue weighted by Crippen LogP contribution is -2.40. The zero-order valence-corrected chi connectivity index (χ0v) is 14.3. The summed E-state index contributed by atoms with van der Waals surface area (Å²) in [7, 11) is 1.89. The van der Waals surface area contributed by atoms with Gasteiger partial charge in [0.2, 0.25) is 5.91 Å². The van der Waals surface area contributed by atoms with Crippen molar-refractivity contribution in [1.29, 1.82) is 0 Å². The molecule has 0 unspecified atom stereocenters. The van der Waals surface area contributed by atoms with Crippen molar-refractivity contribution in [2.24, 2.45) is 0 Å². The van der Waals surface area contributed by atoms with E-state index in [0.29, 0.717) is 19.1 Å². The Morgan fingerprint density at radius 3 is 3.09 bits per heavy atom. The Morgan fingerprint density at radius 1 is 1.48 bits per heavy atom. The van der Waals surface area contributed by atoms with Crippen LogP contribution in [0.5, 0.6) is 0 Å². The van der Waals surface area contributed by atoms with E-state index in [2.05, 4.69) is 31.3 Å². The number of carbonyl (C=O) groups is 1. The molecule has 0 N–H and O–H groups in total. The SMILES string of the molecule is CN(Cc1ccsc1)C(=O)CN1CCc2c(ncn2C2CC2)C1. The molecule has 6 heteroatoms. The molecule has 4 rings (SSSR count). The molecule has 0 spiro atoms. The molecule has 122 valence electrons. The number of amides is 1. The van der Waals surface area contributed by atoms with E-state index in [-0.39, 0.29) is 5.91 Å². The molecule has 2 aromatic heterocycles. The summed E-state index contributed by atoms with van der Waals surface area (Å²) in [5.41, 5.74) is 3.76. The van der Waals surface area contributed by atoms with Crippen LogP contribution in [0.25, 0.3) is 0 Å². The number of hydrogen-bond donors (Lipinski definition) is 0. The van der Waals surface area contributed by atoms with Crippen LogP contribution in [0, 0.1) is 0 Å². The second-order valence-electron chi connectivity index (χ2n) is 6.62. The molecule has 1 amide bonds. The summed E-state index contributed by atoms with van der Waals surface area (Å²) in [6, 6.07) is 2.77. The standard InChI is InChI=1S/C17H22N4OS/c1-19(8-13-5-7-23-11-13)17(22)10-20-6-4-16-15(9-20)18-12-21(16)14-2-3-14/h5,7,11-12,14H,2-4,6,8-10H2,1H3. The molecule has 1 aliphatic heterocycles. The van der Waals surface area contributed by atoms with E-state index in [9.17, 15) is 4.79 Å². The van der Waals surface area contributed by atoms with E-state index in [1.165, 1.54) is 24.1 Å². The van der Waals surface area contributed by atoms with Crippen LogP contribution in [0.1, 0.15) is 35.8 Å². The Kier molecular flexibility index (Phi) is 3.95. The highest BCUT2D eigenvalue weighted by molar-refractivity contribution is 7.07. The van der Waals surface area contributed by atoms with Crippen LogP contribution in [-0.2, 0) is 24.3 Å². The molecule has 23 heavy (non-hydrogen) atoms. The first kappa shape index (κ1) is 14.9. The van der Waals surface area contributed by atoms with Crippen LogP contribution in [0.15, 0.2) is 23.2 Å². The fourth-order valence-electron chi connectivity index (χ4n) is 3.24. The van der Waals surface area contributed by atoms with Gasteiger partial charge in [-0.15, -0.1) is 0 Å². The predicted molar refractivity (Wildman–Crippen MR) is 90.3 cm³/mol. The lowest BCUT2D eigenvalue weighted by atomic mass is 10.1. The molecule has 1 saturated carbocycles. The van der Waals surface area contributed by atoms with Gasteiger partial charge < -0.3 is 9.47 Å². The van der Waals surface area contributed by atoms with Crippen molar-refractivity contribution in [3.8, 4) is 0 Å². The number of nitrogens with zero attached hydrogens (tertiary/aromatic N) is 4. The third kappa shape index (κ3) is 3.19. The average molecular weight is 330 g/mol. The van der Waals surface area contributed by atoms with Crippen LogP contribution in [0.4, 0.5) is 0 Å². The predicted octanol–water partition coefficient (Wildman–Crippen LogP) is 2.30. The van der Waals surface area contributed by atoms with E-state index < -0.39 is 0 Å². The van der Waals surface area contributed by atoms with E-state index in [4.69, 9.17) is 0 Å². The quantitative estimate of drug-likeness (QED) is 0.845. The molecule has 2 aliphatic rings. The Hall–Kier alpha value is -1.66. The highest BCUT2D eigenvalue weighted by Gasteiger charge is 2.30. The van der Waals surface area contributed by atoms with E-state index in [0.717, 1.165) is 25.2 Å². The normalized spacial score (nSPS) is 18.0. The lowest BCUT2D eigenvalue weighted by molar-refractivity contribution is -0.131. The van der Waals surface area contributed by atoms with Crippen LogP contribution in [0.2, 0.25) is 0 Å². The minimum atomic E-state index is 0.182. The van der Waals surface area contributed by atoms with Gasteiger partial charge in [-0.2, -0.15) is 11.3 Å². The molecule has 0 atom stereocenters. The first-order valence-corrected chi connectivity index (χ1v) is 9.17. The number of thiophene rings is 1. The maximum Gasteiger partial charge on any atom is 0.236 e. The third-order valence-electron chi connectivity index (χ3n) is 4.75. The Bertz CT molecular complexity index is 690. The van der Waals surface area contributed by atoms with E-state index >= 15 is 0 Å². The second kappa shape index (κ2) is 6.09. The molecule has 2 aromatic rings. The van der Waals surface area contributed by atoms with Crippen molar-refractivity contribution >= 4 is 17.2 Å². The monoisotopic (exact) mass is 330 g/mol. The van der Waals surface area contributed by atoms with Gasteiger partial charge in [-0.3, -0.25) is 9.69 Å². The van der Waals surface area contributed by atoms with Crippen LogP contribution in [-0.4, -0.2) is 45.4 Å². The molecular weight excluding hydrogens is 308 g/mol. The minimum Gasteiger partial charge on any atom is -0.340 e. The van der Waals surface area contributed by atoms with Gasteiger partial charge in [0.1, 0.15) is 0 Å². The number of aromatic nitrogens is 2. The third-order valence-corrected chi connectivity index (χ3v) is 5.48. The molecule has 1 fully saturated rings. The molecular formula is C17H22N4OS. The number of likely N-dealkylation sites (N-methyl/N-ethyl adjacent to an activating group) is 1. The van der Waals surface area contributed by atoms with Gasteiger partial charge >= 0.3 is 0 Å². The average Bonchev–Trinajstić information content (AvgIpc) is 3.09. The topological polar surface area (TPSA) is 41.4 Å². The van der Waals surface area contributed by atoms with Crippen molar-refractivity contribution in [1.82, 2.24) is 19.4 Å². The van der Waals surface area contributed by atoms with Crippen molar-refractivity contribution in [2.75, 3.05) is 20.1 Å². The first-order valence-electron chi connectivity index (χ1n) is 8.22. The van der Waals surface area contributed by atoms with Gasteiger partial charge in [-0.1, -0.05) is 0 Å². The van der Waals surface area contributed by atoms with Crippen molar-refractivity contribution in [2.45, 2.75) is 38.4 Å². The summed E-state index contributed by atoms with van der Waals surface area (Å²) in [6.07, 6.45) is 5.58. The fourth-order valence-corrected chi connectivity index (χ4v) is 3.90. The van der Waals surface area contributed by atoms with E-state index in [1.54, 1.807) is 11.3 Å². The zero-order valence-electron chi connectivity index (χ0n) is 13.4. The Morgan fingerprint density at radius 2 is 2.35 bits per heavy atom.